The number of rotatable bonds is 7. The van der Waals surface area contributed by atoms with Crippen molar-refractivity contribution in [2.45, 2.75) is 46.2 Å². The van der Waals surface area contributed by atoms with Gasteiger partial charge in [0.2, 0.25) is 5.89 Å². The highest BCUT2D eigenvalue weighted by molar-refractivity contribution is 5.80. The first-order chi connectivity index (χ1) is 11.1. The molecular weight excluding hydrogens is 290 g/mol. The van der Waals surface area contributed by atoms with Gasteiger partial charge < -0.3 is 15.2 Å². The van der Waals surface area contributed by atoms with Crippen molar-refractivity contribution in [2.75, 3.05) is 6.54 Å². The lowest BCUT2D eigenvalue weighted by molar-refractivity contribution is 0.372. The quantitative estimate of drug-likeness (QED) is 0.466. The maximum Gasteiger partial charge on any atom is 0.226 e. The number of nitrogens with zero attached hydrogens (tertiary/aromatic N) is 3. The van der Waals surface area contributed by atoms with E-state index in [1.165, 1.54) is 5.56 Å². The molecule has 124 valence electrons. The molecule has 0 radical (unpaired) electrons. The number of hydrogen-bond donors (Lipinski definition) is 2. The molecule has 1 aromatic heterocycles. The minimum Gasteiger partial charge on any atom is -0.356 e. The second-order valence-corrected chi connectivity index (χ2v) is 5.72. The Labute approximate surface area is 137 Å². The molecule has 0 bridgehead atoms. The number of aryl methyl sites for hydroxylation is 2. The van der Waals surface area contributed by atoms with Gasteiger partial charge in [-0.3, -0.25) is 0 Å². The predicted molar refractivity (Wildman–Crippen MR) is 91.2 cm³/mol. The van der Waals surface area contributed by atoms with Gasteiger partial charge in [0, 0.05) is 19.0 Å². The van der Waals surface area contributed by atoms with E-state index in [9.17, 15) is 0 Å². The van der Waals surface area contributed by atoms with Crippen LogP contribution in [0.3, 0.4) is 0 Å². The maximum absolute atomic E-state index is 5.11. The molecule has 1 aromatic carbocycles. The number of benzene rings is 1. The number of hydrogen-bond acceptors (Lipinski definition) is 4. The summed E-state index contributed by atoms with van der Waals surface area (Å²) in [5, 5.41) is 10.5. The van der Waals surface area contributed by atoms with Gasteiger partial charge in [0.05, 0.1) is 6.54 Å². The van der Waals surface area contributed by atoms with Gasteiger partial charge >= 0.3 is 0 Å². The van der Waals surface area contributed by atoms with Crippen molar-refractivity contribution in [1.82, 2.24) is 20.8 Å². The molecule has 6 nitrogen and oxygen atoms in total. The largest absolute Gasteiger partial charge is 0.356 e. The summed E-state index contributed by atoms with van der Waals surface area (Å²) >= 11 is 0. The first-order valence-electron chi connectivity index (χ1n) is 8.01. The standard InChI is InChI=1S/C17H25N5O/c1-13(2)20-17(19-12-15-8-5-4-6-9-15)18-11-7-10-16-21-14(3)22-23-16/h4-6,8-9,13H,7,10-12H2,1-3H3,(H2,18,19,20). The summed E-state index contributed by atoms with van der Waals surface area (Å²) in [6, 6.07) is 10.6. The van der Waals surface area contributed by atoms with Crippen molar-refractivity contribution < 1.29 is 4.52 Å². The van der Waals surface area contributed by atoms with E-state index in [2.05, 4.69) is 51.7 Å². The minimum absolute atomic E-state index is 0.329. The Morgan fingerprint density at radius 1 is 1.26 bits per heavy atom. The predicted octanol–water partition coefficient (Wildman–Crippen LogP) is 2.45. The van der Waals surface area contributed by atoms with Gasteiger partial charge in [-0.2, -0.15) is 4.98 Å². The molecule has 0 fully saturated rings. The van der Waals surface area contributed by atoms with E-state index in [4.69, 9.17) is 4.52 Å². The molecule has 0 atom stereocenters. The van der Waals surface area contributed by atoms with Crippen LogP contribution in [-0.2, 0) is 13.0 Å². The van der Waals surface area contributed by atoms with Gasteiger partial charge in [-0.25, -0.2) is 4.99 Å². The summed E-state index contributed by atoms with van der Waals surface area (Å²) in [7, 11) is 0. The Hall–Kier alpha value is -2.37. The van der Waals surface area contributed by atoms with E-state index < -0.39 is 0 Å². The third-order valence-corrected chi connectivity index (χ3v) is 3.12. The lowest BCUT2D eigenvalue weighted by atomic mass is 10.2. The summed E-state index contributed by atoms with van der Waals surface area (Å²) in [4.78, 5) is 8.83. The third-order valence-electron chi connectivity index (χ3n) is 3.12. The van der Waals surface area contributed by atoms with E-state index in [0.29, 0.717) is 24.3 Å². The average Bonchev–Trinajstić information content (AvgIpc) is 2.95. The normalized spacial score (nSPS) is 11.7. The highest BCUT2D eigenvalue weighted by atomic mass is 16.5. The third kappa shape index (κ3) is 6.50. The zero-order chi connectivity index (χ0) is 16.5. The molecule has 0 saturated carbocycles. The Morgan fingerprint density at radius 2 is 2.04 bits per heavy atom. The van der Waals surface area contributed by atoms with E-state index >= 15 is 0 Å². The highest BCUT2D eigenvalue weighted by Gasteiger charge is 2.04. The molecule has 6 heteroatoms. The van der Waals surface area contributed by atoms with Crippen molar-refractivity contribution in [3.05, 3.63) is 47.6 Å². The number of aliphatic imine (C=N–C) groups is 1. The molecule has 0 amide bonds. The number of aromatic nitrogens is 2. The van der Waals surface area contributed by atoms with E-state index in [1.54, 1.807) is 0 Å². The Bertz CT molecular complexity index is 606. The maximum atomic E-state index is 5.11. The molecule has 2 N–H and O–H groups in total. The molecule has 0 aliphatic rings. The van der Waals surface area contributed by atoms with E-state index in [-0.39, 0.29) is 0 Å². The van der Waals surface area contributed by atoms with Crippen LogP contribution >= 0.6 is 0 Å². The van der Waals surface area contributed by atoms with Crippen LogP contribution in [0.25, 0.3) is 0 Å². The molecule has 0 aliphatic heterocycles. The summed E-state index contributed by atoms with van der Waals surface area (Å²) in [5.41, 5.74) is 1.19. The Morgan fingerprint density at radius 3 is 2.70 bits per heavy atom. The first kappa shape index (κ1) is 17.0. The Balaban J connectivity index is 1.80. The topological polar surface area (TPSA) is 75.3 Å². The monoisotopic (exact) mass is 315 g/mol. The lowest BCUT2D eigenvalue weighted by Gasteiger charge is -2.15. The van der Waals surface area contributed by atoms with Gasteiger partial charge in [-0.1, -0.05) is 35.5 Å². The van der Waals surface area contributed by atoms with Crippen LogP contribution in [0.4, 0.5) is 0 Å². The molecule has 2 rings (SSSR count). The van der Waals surface area contributed by atoms with Crippen LogP contribution in [0.1, 0.15) is 37.5 Å². The molecule has 0 unspecified atom stereocenters. The fourth-order valence-corrected chi connectivity index (χ4v) is 2.07. The Kier molecular flexibility index (Phi) is 6.59. The zero-order valence-corrected chi connectivity index (χ0v) is 14.0. The molecule has 23 heavy (non-hydrogen) atoms. The van der Waals surface area contributed by atoms with Gasteiger partial charge in [0.25, 0.3) is 0 Å². The molecule has 1 heterocycles. The zero-order valence-electron chi connectivity index (χ0n) is 14.0. The second kappa shape index (κ2) is 8.92. The van der Waals surface area contributed by atoms with Crippen molar-refractivity contribution in [3.63, 3.8) is 0 Å². The molecule has 0 spiro atoms. The van der Waals surface area contributed by atoms with E-state index in [0.717, 1.165) is 25.3 Å². The summed E-state index contributed by atoms with van der Waals surface area (Å²) in [5.74, 6) is 2.19. The summed E-state index contributed by atoms with van der Waals surface area (Å²) < 4.78 is 5.11. The molecule has 0 aliphatic carbocycles. The summed E-state index contributed by atoms with van der Waals surface area (Å²) in [6.45, 7) is 7.48. The van der Waals surface area contributed by atoms with Crippen LogP contribution in [-0.4, -0.2) is 28.7 Å². The van der Waals surface area contributed by atoms with Crippen LogP contribution in [0.15, 0.2) is 39.8 Å². The molecule has 0 saturated heterocycles. The van der Waals surface area contributed by atoms with Crippen molar-refractivity contribution >= 4 is 5.96 Å². The molecular formula is C17H25N5O. The van der Waals surface area contributed by atoms with Gasteiger partial charge in [-0.15, -0.1) is 0 Å². The summed E-state index contributed by atoms with van der Waals surface area (Å²) in [6.07, 6.45) is 1.67. The highest BCUT2D eigenvalue weighted by Crippen LogP contribution is 2.01. The number of guanidine groups is 1. The fraction of sp³-hybridized carbons (Fsp3) is 0.471. The fourth-order valence-electron chi connectivity index (χ4n) is 2.07. The van der Waals surface area contributed by atoms with Crippen molar-refractivity contribution in [3.8, 4) is 0 Å². The van der Waals surface area contributed by atoms with Crippen LogP contribution in [0.2, 0.25) is 0 Å². The van der Waals surface area contributed by atoms with Crippen LogP contribution in [0, 0.1) is 6.92 Å². The van der Waals surface area contributed by atoms with Gasteiger partial charge in [0.1, 0.15) is 0 Å². The van der Waals surface area contributed by atoms with Crippen molar-refractivity contribution in [1.29, 1.82) is 0 Å². The van der Waals surface area contributed by atoms with Gasteiger partial charge in [0.15, 0.2) is 11.8 Å². The second-order valence-electron chi connectivity index (χ2n) is 5.72. The van der Waals surface area contributed by atoms with Crippen molar-refractivity contribution in [2.24, 2.45) is 4.99 Å². The van der Waals surface area contributed by atoms with Gasteiger partial charge in [-0.05, 0) is 32.8 Å². The van der Waals surface area contributed by atoms with Crippen LogP contribution in [0.5, 0.6) is 0 Å². The smallest absolute Gasteiger partial charge is 0.226 e. The van der Waals surface area contributed by atoms with E-state index in [1.807, 2.05) is 25.1 Å². The lowest BCUT2D eigenvalue weighted by Crippen LogP contribution is -2.41. The number of nitrogens with one attached hydrogen (secondary N) is 2. The SMILES string of the molecule is Cc1noc(CCCNC(=NCc2ccccc2)NC(C)C)n1. The average molecular weight is 315 g/mol. The minimum atomic E-state index is 0.329. The first-order valence-corrected chi connectivity index (χ1v) is 8.01. The molecule has 2 aromatic rings. The van der Waals surface area contributed by atoms with Crippen LogP contribution < -0.4 is 10.6 Å².